The van der Waals surface area contributed by atoms with E-state index in [9.17, 15) is 0 Å². The lowest BCUT2D eigenvalue weighted by Gasteiger charge is -2.20. The van der Waals surface area contributed by atoms with Crippen LogP contribution in [0.4, 0.5) is 5.82 Å². The first-order valence-electron chi connectivity index (χ1n) is 5.00. The van der Waals surface area contributed by atoms with Gasteiger partial charge in [-0.25, -0.2) is 0 Å². The standard InChI is InChI=1S/C10H14ClN3/c1-2-14(9-4-5-9)10-6-3-8(7-11)12-13-10/h3,6,9H,2,4-5,7H2,1H3. The molecule has 1 aliphatic carbocycles. The molecule has 0 aliphatic heterocycles. The topological polar surface area (TPSA) is 29.0 Å². The molecular formula is C10H14ClN3. The molecule has 1 aliphatic rings. The van der Waals surface area contributed by atoms with Crippen LogP contribution in [-0.2, 0) is 5.88 Å². The summed E-state index contributed by atoms with van der Waals surface area (Å²) in [6.07, 6.45) is 2.57. The highest BCUT2D eigenvalue weighted by Crippen LogP contribution is 2.29. The first-order chi connectivity index (χ1) is 6.85. The molecule has 1 fully saturated rings. The maximum absolute atomic E-state index is 5.65. The molecule has 1 saturated carbocycles. The Labute approximate surface area is 89.1 Å². The van der Waals surface area contributed by atoms with Crippen molar-refractivity contribution in [2.75, 3.05) is 11.4 Å². The zero-order valence-electron chi connectivity index (χ0n) is 8.28. The molecule has 1 aromatic rings. The van der Waals surface area contributed by atoms with Gasteiger partial charge in [0.15, 0.2) is 5.82 Å². The van der Waals surface area contributed by atoms with Crippen LogP contribution in [0.2, 0.25) is 0 Å². The Kier molecular flexibility index (Phi) is 2.87. The van der Waals surface area contributed by atoms with E-state index in [1.807, 2.05) is 12.1 Å². The van der Waals surface area contributed by atoms with E-state index < -0.39 is 0 Å². The van der Waals surface area contributed by atoms with Crippen LogP contribution in [0, 0.1) is 0 Å². The van der Waals surface area contributed by atoms with Crippen LogP contribution >= 0.6 is 11.6 Å². The molecule has 0 N–H and O–H groups in total. The van der Waals surface area contributed by atoms with Crippen LogP contribution in [0.1, 0.15) is 25.5 Å². The molecule has 0 bridgehead atoms. The third kappa shape index (κ3) is 1.98. The Morgan fingerprint density at radius 2 is 2.21 bits per heavy atom. The van der Waals surface area contributed by atoms with Gasteiger partial charge in [0.1, 0.15) is 0 Å². The number of halogens is 1. The van der Waals surface area contributed by atoms with E-state index in [0.29, 0.717) is 11.9 Å². The molecule has 4 heteroatoms. The predicted octanol–water partition coefficient (Wildman–Crippen LogP) is 2.20. The number of nitrogens with zero attached hydrogens (tertiary/aromatic N) is 3. The Morgan fingerprint density at radius 3 is 2.64 bits per heavy atom. The molecule has 0 unspecified atom stereocenters. The van der Waals surface area contributed by atoms with Crippen molar-refractivity contribution in [2.24, 2.45) is 0 Å². The summed E-state index contributed by atoms with van der Waals surface area (Å²) in [5.41, 5.74) is 0.835. The fourth-order valence-corrected chi connectivity index (χ4v) is 1.71. The zero-order chi connectivity index (χ0) is 9.97. The molecule has 2 rings (SSSR count). The SMILES string of the molecule is CCN(c1ccc(CCl)nn1)C1CC1. The molecule has 0 aromatic carbocycles. The van der Waals surface area contributed by atoms with E-state index in [4.69, 9.17) is 11.6 Å². The molecule has 1 aromatic heterocycles. The lowest BCUT2D eigenvalue weighted by atomic mass is 10.4. The van der Waals surface area contributed by atoms with Crippen LogP contribution < -0.4 is 4.90 Å². The highest BCUT2D eigenvalue weighted by atomic mass is 35.5. The molecule has 0 spiro atoms. The van der Waals surface area contributed by atoms with Gasteiger partial charge in [-0.15, -0.1) is 16.7 Å². The molecule has 0 saturated heterocycles. The lowest BCUT2D eigenvalue weighted by molar-refractivity contribution is 0.786. The van der Waals surface area contributed by atoms with Crippen molar-refractivity contribution in [1.29, 1.82) is 0 Å². The predicted molar refractivity (Wildman–Crippen MR) is 57.6 cm³/mol. The largest absolute Gasteiger partial charge is 0.352 e. The summed E-state index contributed by atoms with van der Waals surface area (Å²) in [6.45, 7) is 3.15. The minimum absolute atomic E-state index is 0.433. The second kappa shape index (κ2) is 4.13. The fraction of sp³-hybridized carbons (Fsp3) is 0.600. The maximum Gasteiger partial charge on any atom is 0.151 e. The van der Waals surface area contributed by atoms with E-state index >= 15 is 0 Å². The van der Waals surface area contributed by atoms with E-state index in [1.54, 1.807) is 0 Å². The van der Waals surface area contributed by atoms with Crippen LogP contribution in [-0.4, -0.2) is 22.8 Å². The van der Waals surface area contributed by atoms with E-state index in [1.165, 1.54) is 12.8 Å². The Morgan fingerprint density at radius 1 is 1.43 bits per heavy atom. The maximum atomic E-state index is 5.65. The number of hydrogen-bond acceptors (Lipinski definition) is 3. The van der Waals surface area contributed by atoms with Crippen LogP contribution in [0.5, 0.6) is 0 Å². The number of aromatic nitrogens is 2. The highest BCUT2D eigenvalue weighted by Gasteiger charge is 2.28. The summed E-state index contributed by atoms with van der Waals surface area (Å²) in [5, 5.41) is 8.23. The normalized spacial score (nSPS) is 15.6. The van der Waals surface area contributed by atoms with E-state index in [0.717, 1.165) is 18.1 Å². The second-order valence-corrected chi connectivity index (χ2v) is 3.80. The van der Waals surface area contributed by atoms with Crippen LogP contribution in [0.25, 0.3) is 0 Å². The third-order valence-electron chi connectivity index (χ3n) is 2.47. The van der Waals surface area contributed by atoms with Gasteiger partial charge in [-0.05, 0) is 31.9 Å². The molecule has 76 valence electrons. The summed E-state index contributed by atoms with van der Waals surface area (Å²) in [6, 6.07) is 4.64. The zero-order valence-corrected chi connectivity index (χ0v) is 9.04. The van der Waals surface area contributed by atoms with Crippen molar-refractivity contribution < 1.29 is 0 Å². The molecule has 0 radical (unpaired) electrons. The van der Waals surface area contributed by atoms with Crippen molar-refractivity contribution in [3.8, 4) is 0 Å². The average molecular weight is 212 g/mol. The lowest BCUT2D eigenvalue weighted by Crippen LogP contribution is -2.26. The third-order valence-corrected chi connectivity index (χ3v) is 2.74. The first-order valence-corrected chi connectivity index (χ1v) is 5.53. The number of hydrogen-bond donors (Lipinski definition) is 0. The summed E-state index contributed by atoms with van der Waals surface area (Å²) in [7, 11) is 0. The minimum atomic E-state index is 0.433. The van der Waals surface area contributed by atoms with Gasteiger partial charge in [0.2, 0.25) is 0 Å². The number of rotatable bonds is 4. The Bertz CT molecular complexity index is 295. The van der Waals surface area contributed by atoms with Crippen LogP contribution in [0.15, 0.2) is 12.1 Å². The van der Waals surface area contributed by atoms with Gasteiger partial charge in [-0.2, -0.15) is 5.10 Å². The van der Waals surface area contributed by atoms with Gasteiger partial charge in [-0.1, -0.05) is 0 Å². The van der Waals surface area contributed by atoms with Crippen molar-refractivity contribution in [3.05, 3.63) is 17.8 Å². The molecule has 14 heavy (non-hydrogen) atoms. The fourth-order valence-electron chi connectivity index (χ4n) is 1.57. The van der Waals surface area contributed by atoms with Gasteiger partial charge in [0.25, 0.3) is 0 Å². The minimum Gasteiger partial charge on any atom is -0.352 e. The van der Waals surface area contributed by atoms with Crippen molar-refractivity contribution in [1.82, 2.24) is 10.2 Å². The molecule has 3 nitrogen and oxygen atoms in total. The molecule has 0 amide bonds. The van der Waals surface area contributed by atoms with Crippen molar-refractivity contribution >= 4 is 17.4 Å². The molecule has 1 heterocycles. The van der Waals surface area contributed by atoms with Gasteiger partial charge in [0, 0.05) is 12.6 Å². The smallest absolute Gasteiger partial charge is 0.151 e. The van der Waals surface area contributed by atoms with Gasteiger partial charge in [-0.3, -0.25) is 0 Å². The summed E-state index contributed by atoms with van der Waals surface area (Å²) in [4.78, 5) is 2.30. The Hall–Kier alpha value is -0.830. The molecular weight excluding hydrogens is 198 g/mol. The summed E-state index contributed by atoms with van der Waals surface area (Å²) < 4.78 is 0. The Balaban J connectivity index is 2.13. The van der Waals surface area contributed by atoms with Crippen LogP contribution in [0.3, 0.4) is 0 Å². The van der Waals surface area contributed by atoms with Gasteiger partial charge < -0.3 is 4.90 Å². The second-order valence-electron chi connectivity index (χ2n) is 3.53. The van der Waals surface area contributed by atoms with Gasteiger partial charge >= 0.3 is 0 Å². The highest BCUT2D eigenvalue weighted by molar-refractivity contribution is 6.16. The first kappa shape index (κ1) is 9.71. The van der Waals surface area contributed by atoms with Crippen molar-refractivity contribution in [2.45, 2.75) is 31.7 Å². The number of alkyl halides is 1. The van der Waals surface area contributed by atoms with E-state index in [-0.39, 0.29) is 0 Å². The molecule has 0 atom stereocenters. The monoisotopic (exact) mass is 211 g/mol. The number of anilines is 1. The summed E-state index contributed by atoms with van der Waals surface area (Å²) in [5.74, 6) is 1.41. The van der Waals surface area contributed by atoms with Crippen molar-refractivity contribution in [3.63, 3.8) is 0 Å². The average Bonchev–Trinajstić information content (AvgIpc) is 3.04. The summed E-state index contributed by atoms with van der Waals surface area (Å²) >= 11 is 5.65. The quantitative estimate of drug-likeness (QED) is 0.716. The van der Waals surface area contributed by atoms with Gasteiger partial charge in [0.05, 0.1) is 11.6 Å². The van der Waals surface area contributed by atoms with E-state index in [2.05, 4.69) is 22.0 Å².